The van der Waals surface area contributed by atoms with Crippen molar-refractivity contribution in [1.82, 2.24) is 0 Å². The average molecular weight is 148 g/mol. The molecule has 0 aliphatic heterocycles. The summed E-state index contributed by atoms with van der Waals surface area (Å²) in [5, 5.41) is 24.8. The summed E-state index contributed by atoms with van der Waals surface area (Å²) in [4.78, 5) is 9.75. The molecule has 0 aliphatic carbocycles. The molecule has 0 bridgehead atoms. The maximum absolute atomic E-state index is 9.75. The minimum absolute atomic E-state index is 0.380. The molecule has 0 saturated carbocycles. The molecule has 0 heterocycles. The van der Waals surface area contributed by atoms with Gasteiger partial charge < -0.3 is 20.1 Å². The summed E-state index contributed by atoms with van der Waals surface area (Å²) in [6, 6.07) is 0. The number of hydrogen-bond donors (Lipinski definition) is 3. The predicted octanol–water partition coefficient (Wildman–Crippen LogP) is -0.452. The van der Waals surface area contributed by atoms with Crippen LogP contribution in [0.2, 0.25) is 0 Å². The van der Waals surface area contributed by atoms with E-state index in [1.807, 2.05) is 0 Å². The molecule has 1 atom stereocenters. The molecule has 58 valence electrons. The fourth-order valence-electron chi connectivity index (χ4n) is 0.282. The lowest BCUT2D eigenvalue weighted by Gasteiger charge is -2.07. The summed E-state index contributed by atoms with van der Waals surface area (Å²) in [5.41, 5.74) is 0. The highest BCUT2D eigenvalue weighted by Crippen LogP contribution is 1.99. The molecule has 0 rings (SSSR count). The second kappa shape index (κ2) is 3.86. The van der Waals surface area contributed by atoms with Gasteiger partial charge >= 0.3 is 6.16 Å². The van der Waals surface area contributed by atoms with Crippen molar-refractivity contribution in [2.24, 2.45) is 0 Å². The first-order chi connectivity index (χ1) is 4.57. The van der Waals surface area contributed by atoms with Gasteiger partial charge in [0.25, 0.3) is 0 Å². The Morgan fingerprint density at radius 1 is 1.70 bits per heavy atom. The number of carbonyl (C=O) groups is 1. The lowest BCUT2D eigenvalue weighted by Crippen LogP contribution is -2.18. The zero-order chi connectivity index (χ0) is 8.15. The molecule has 0 amide bonds. The molecule has 0 aromatic carbocycles. The van der Waals surface area contributed by atoms with Gasteiger partial charge in [-0.3, -0.25) is 0 Å². The van der Waals surface area contributed by atoms with Gasteiger partial charge in [0.2, 0.25) is 0 Å². The summed E-state index contributed by atoms with van der Waals surface area (Å²) in [5.74, 6) is -0.380. The number of aliphatic hydroxyl groups excluding tert-OH is 2. The summed E-state index contributed by atoms with van der Waals surface area (Å²) in [6.07, 6.45) is -2.89. The lowest BCUT2D eigenvalue weighted by atomic mass is 10.3. The summed E-state index contributed by atoms with van der Waals surface area (Å²) < 4.78 is 3.92. The van der Waals surface area contributed by atoms with Crippen molar-refractivity contribution in [1.29, 1.82) is 0 Å². The van der Waals surface area contributed by atoms with E-state index >= 15 is 0 Å². The average Bonchev–Trinajstić information content (AvgIpc) is 1.85. The van der Waals surface area contributed by atoms with Gasteiger partial charge in [0.1, 0.15) is 11.9 Å². The smallest absolute Gasteiger partial charge is 0.449 e. The lowest BCUT2D eigenvalue weighted by molar-refractivity contribution is 0.0575. The number of carboxylic acid groups (broad SMARTS) is 1. The van der Waals surface area contributed by atoms with E-state index in [0.29, 0.717) is 0 Å². The van der Waals surface area contributed by atoms with Gasteiger partial charge in [-0.25, -0.2) is 4.79 Å². The minimum atomic E-state index is -1.56. The molecule has 0 radical (unpaired) electrons. The highest BCUT2D eigenvalue weighted by atomic mass is 16.7. The molecule has 0 aromatic rings. The Hall–Kier alpha value is -1.07. The Labute approximate surface area is 57.2 Å². The SMILES string of the molecule is C=C(OC(=O)O)C(O)CO. The number of hydrogen-bond acceptors (Lipinski definition) is 4. The Morgan fingerprint density at radius 2 is 2.20 bits per heavy atom. The van der Waals surface area contributed by atoms with E-state index < -0.39 is 18.9 Å². The Bertz CT molecular complexity index is 141. The van der Waals surface area contributed by atoms with Crippen LogP contribution in [0.15, 0.2) is 12.3 Å². The van der Waals surface area contributed by atoms with Gasteiger partial charge in [0, 0.05) is 0 Å². The monoisotopic (exact) mass is 148 g/mol. The van der Waals surface area contributed by atoms with Crippen molar-refractivity contribution in [3.05, 3.63) is 12.3 Å². The highest BCUT2D eigenvalue weighted by molar-refractivity contribution is 5.58. The topological polar surface area (TPSA) is 87.0 Å². The third-order valence-electron chi connectivity index (χ3n) is 0.763. The third kappa shape index (κ3) is 3.06. The van der Waals surface area contributed by atoms with Gasteiger partial charge in [0.05, 0.1) is 6.61 Å². The highest BCUT2D eigenvalue weighted by Gasteiger charge is 2.10. The van der Waals surface area contributed by atoms with Crippen molar-refractivity contribution in [2.45, 2.75) is 6.10 Å². The van der Waals surface area contributed by atoms with Crippen molar-refractivity contribution < 1.29 is 24.9 Å². The Balaban J connectivity index is 3.73. The maximum Gasteiger partial charge on any atom is 0.511 e. The van der Waals surface area contributed by atoms with E-state index in [2.05, 4.69) is 11.3 Å². The van der Waals surface area contributed by atoms with Crippen molar-refractivity contribution in [2.75, 3.05) is 6.61 Å². The molecule has 0 saturated heterocycles. The van der Waals surface area contributed by atoms with Gasteiger partial charge in [-0.15, -0.1) is 0 Å². The van der Waals surface area contributed by atoms with Crippen LogP contribution < -0.4 is 0 Å². The van der Waals surface area contributed by atoms with Crippen LogP contribution in [-0.2, 0) is 4.74 Å². The first kappa shape index (κ1) is 8.93. The third-order valence-corrected chi connectivity index (χ3v) is 0.763. The molecule has 5 nitrogen and oxygen atoms in total. The van der Waals surface area contributed by atoms with E-state index in [0.717, 1.165) is 0 Å². The molecule has 5 heteroatoms. The quantitative estimate of drug-likeness (QED) is 0.372. The Kier molecular flexibility index (Phi) is 3.45. The van der Waals surface area contributed by atoms with Crippen LogP contribution in [0, 0.1) is 0 Å². The predicted molar refractivity (Wildman–Crippen MR) is 31.3 cm³/mol. The second-order valence-electron chi connectivity index (χ2n) is 1.53. The fraction of sp³-hybridized carbons (Fsp3) is 0.400. The summed E-state index contributed by atoms with van der Waals surface area (Å²) in [7, 11) is 0. The summed E-state index contributed by atoms with van der Waals surface area (Å²) in [6.45, 7) is 2.45. The normalized spacial score (nSPS) is 12.2. The molecule has 0 fully saturated rings. The van der Waals surface area contributed by atoms with Crippen LogP contribution in [0.3, 0.4) is 0 Å². The fourth-order valence-corrected chi connectivity index (χ4v) is 0.282. The zero-order valence-corrected chi connectivity index (χ0v) is 5.15. The molecule has 0 aliphatic rings. The molecule has 0 spiro atoms. The van der Waals surface area contributed by atoms with Crippen molar-refractivity contribution >= 4 is 6.16 Å². The van der Waals surface area contributed by atoms with Gasteiger partial charge in [-0.05, 0) is 0 Å². The van der Waals surface area contributed by atoms with Crippen LogP contribution in [0.1, 0.15) is 0 Å². The summed E-state index contributed by atoms with van der Waals surface area (Å²) >= 11 is 0. The first-order valence-corrected chi connectivity index (χ1v) is 2.46. The van der Waals surface area contributed by atoms with Crippen LogP contribution in [0.4, 0.5) is 4.79 Å². The maximum atomic E-state index is 9.75. The van der Waals surface area contributed by atoms with E-state index in [9.17, 15) is 4.79 Å². The van der Waals surface area contributed by atoms with Gasteiger partial charge in [0.15, 0.2) is 0 Å². The van der Waals surface area contributed by atoms with E-state index in [4.69, 9.17) is 15.3 Å². The van der Waals surface area contributed by atoms with Crippen molar-refractivity contribution in [3.63, 3.8) is 0 Å². The standard InChI is InChI=1S/C5H8O5/c1-3(4(7)2-6)10-5(8)9/h4,6-7H,1-2H2,(H,8,9). The second-order valence-corrected chi connectivity index (χ2v) is 1.53. The van der Waals surface area contributed by atoms with Gasteiger partial charge in [-0.2, -0.15) is 0 Å². The number of ether oxygens (including phenoxy) is 1. The molecular weight excluding hydrogens is 140 g/mol. The van der Waals surface area contributed by atoms with Crippen LogP contribution >= 0.6 is 0 Å². The molecule has 0 aromatic heterocycles. The van der Waals surface area contributed by atoms with Crippen LogP contribution in [0.5, 0.6) is 0 Å². The van der Waals surface area contributed by atoms with Crippen molar-refractivity contribution in [3.8, 4) is 0 Å². The minimum Gasteiger partial charge on any atom is -0.449 e. The van der Waals surface area contributed by atoms with E-state index in [1.54, 1.807) is 0 Å². The number of rotatable bonds is 3. The molecular formula is C5H8O5. The largest absolute Gasteiger partial charge is 0.511 e. The van der Waals surface area contributed by atoms with E-state index in [1.165, 1.54) is 0 Å². The van der Waals surface area contributed by atoms with Gasteiger partial charge in [-0.1, -0.05) is 6.58 Å². The van der Waals surface area contributed by atoms with Crippen LogP contribution in [0.25, 0.3) is 0 Å². The van der Waals surface area contributed by atoms with Crippen LogP contribution in [-0.4, -0.2) is 34.2 Å². The zero-order valence-electron chi connectivity index (χ0n) is 5.15. The molecule has 3 N–H and O–H groups in total. The molecule has 1 unspecified atom stereocenters. The van der Waals surface area contributed by atoms with E-state index in [-0.39, 0.29) is 5.76 Å². The molecule has 10 heavy (non-hydrogen) atoms. The number of aliphatic hydroxyl groups is 2. The first-order valence-electron chi connectivity index (χ1n) is 2.46. The Morgan fingerprint density at radius 3 is 2.50 bits per heavy atom.